The van der Waals surface area contributed by atoms with E-state index in [9.17, 15) is 18.0 Å². The van der Waals surface area contributed by atoms with Gasteiger partial charge in [0.25, 0.3) is 0 Å². The summed E-state index contributed by atoms with van der Waals surface area (Å²) in [5.41, 5.74) is -0.0508. The van der Waals surface area contributed by atoms with Crippen molar-refractivity contribution in [3.05, 3.63) is 41.1 Å². The second-order valence-electron chi connectivity index (χ2n) is 4.06. The molecule has 0 aliphatic rings. The standard InChI is InChI=1S/C13H10F3NO/c1-7-6-9(8(2)18)12-10(13(14,15)16)4-3-5-11(12)17-7/h3-6H,1-2H3. The number of benzene rings is 1. The van der Waals surface area contributed by atoms with E-state index < -0.39 is 17.5 Å². The molecule has 1 heterocycles. The summed E-state index contributed by atoms with van der Waals surface area (Å²) in [6.07, 6.45) is -4.50. The van der Waals surface area contributed by atoms with Crippen LogP contribution in [0.25, 0.3) is 10.9 Å². The minimum atomic E-state index is -4.50. The number of ketones is 1. The number of aromatic nitrogens is 1. The van der Waals surface area contributed by atoms with Gasteiger partial charge in [0.05, 0.1) is 11.1 Å². The lowest BCUT2D eigenvalue weighted by Gasteiger charge is -2.13. The highest BCUT2D eigenvalue weighted by molar-refractivity contribution is 6.07. The van der Waals surface area contributed by atoms with Gasteiger partial charge in [-0.2, -0.15) is 13.2 Å². The van der Waals surface area contributed by atoms with E-state index in [4.69, 9.17) is 0 Å². The molecule has 18 heavy (non-hydrogen) atoms. The summed E-state index contributed by atoms with van der Waals surface area (Å²) in [7, 11) is 0. The highest BCUT2D eigenvalue weighted by Gasteiger charge is 2.33. The van der Waals surface area contributed by atoms with E-state index >= 15 is 0 Å². The van der Waals surface area contributed by atoms with Gasteiger partial charge in [0.15, 0.2) is 5.78 Å². The predicted molar refractivity (Wildman–Crippen MR) is 61.5 cm³/mol. The van der Waals surface area contributed by atoms with Gasteiger partial charge in [-0.25, -0.2) is 0 Å². The van der Waals surface area contributed by atoms with Crippen LogP contribution in [0.3, 0.4) is 0 Å². The monoisotopic (exact) mass is 253 g/mol. The molecule has 0 saturated carbocycles. The lowest BCUT2D eigenvalue weighted by atomic mass is 9.99. The molecule has 0 bridgehead atoms. The van der Waals surface area contributed by atoms with E-state index in [-0.39, 0.29) is 16.5 Å². The largest absolute Gasteiger partial charge is 0.417 e. The fraction of sp³-hybridized carbons (Fsp3) is 0.231. The molecule has 1 aromatic carbocycles. The van der Waals surface area contributed by atoms with Gasteiger partial charge in [0.1, 0.15) is 0 Å². The van der Waals surface area contributed by atoms with E-state index in [1.54, 1.807) is 6.92 Å². The van der Waals surface area contributed by atoms with Gasteiger partial charge in [-0.15, -0.1) is 0 Å². The molecule has 0 amide bonds. The normalized spacial score (nSPS) is 11.8. The molecule has 0 aliphatic carbocycles. The smallest absolute Gasteiger partial charge is 0.294 e. The first kappa shape index (κ1) is 12.5. The predicted octanol–water partition coefficient (Wildman–Crippen LogP) is 3.76. The van der Waals surface area contributed by atoms with Crippen LogP contribution in [0, 0.1) is 6.92 Å². The Morgan fingerprint density at radius 3 is 2.50 bits per heavy atom. The highest BCUT2D eigenvalue weighted by Crippen LogP contribution is 2.36. The summed E-state index contributed by atoms with van der Waals surface area (Å²) in [4.78, 5) is 15.5. The third-order valence-electron chi connectivity index (χ3n) is 2.65. The Balaban J connectivity index is 2.95. The molecule has 94 valence electrons. The van der Waals surface area contributed by atoms with Crippen LogP contribution in [0.2, 0.25) is 0 Å². The summed E-state index contributed by atoms with van der Waals surface area (Å²) >= 11 is 0. The molecule has 0 unspecified atom stereocenters. The Hall–Kier alpha value is -1.91. The maximum Gasteiger partial charge on any atom is 0.417 e. The summed E-state index contributed by atoms with van der Waals surface area (Å²) in [5, 5.41) is -0.122. The van der Waals surface area contributed by atoms with Gasteiger partial charge in [-0.3, -0.25) is 9.78 Å². The van der Waals surface area contributed by atoms with Crippen molar-refractivity contribution in [3.8, 4) is 0 Å². The quantitative estimate of drug-likeness (QED) is 0.724. The van der Waals surface area contributed by atoms with Crippen LogP contribution < -0.4 is 0 Å². The molecule has 2 nitrogen and oxygen atoms in total. The van der Waals surface area contributed by atoms with Crippen molar-refractivity contribution in [1.29, 1.82) is 0 Å². The van der Waals surface area contributed by atoms with Crippen LogP contribution in [-0.4, -0.2) is 10.8 Å². The SMILES string of the molecule is CC(=O)c1cc(C)nc2cccc(C(F)(F)F)c12. The van der Waals surface area contributed by atoms with Crippen LogP contribution in [0.4, 0.5) is 13.2 Å². The van der Waals surface area contributed by atoms with Gasteiger partial charge < -0.3 is 0 Å². The number of halogens is 3. The van der Waals surface area contributed by atoms with Crippen LogP contribution >= 0.6 is 0 Å². The molecule has 2 aromatic rings. The number of alkyl halides is 3. The third-order valence-corrected chi connectivity index (χ3v) is 2.65. The zero-order chi connectivity index (χ0) is 13.5. The number of pyridine rings is 1. The van der Waals surface area contributed by atoms with Crippen LogP contribution in [-0.2, 0) is 6.18 Å². The third kappa shape index (κ3) is 2.08. The summed E-state index contributed by atoms with van der Waals surface area (Å²) in [6, 6.07) is 5.12. The zero-order valence-corrected chi connectivity index (χ0v) is 9.80. The first-order valence-electron chi connectivity index (χ1n) is 5.29. The number of Topliss-reactive ketones (excluding diaryl/α,β-unsaturated/α-hetero) is 1. The van der Waals surface area contributed by atoms with Crippen LogP contribution in [0.5, 0.6) is 0 Å². The second kappa shape index (κ2) is 4.08. The molecule has 5 heteroatoms. The Morgan fingerprint density at radius 2 is 1.94 bits per heavy atom. The van der Waals surface area contributed by atoms with Gasteiger partial charge >= 0.3 is 6.18 Å². The highest BCUT2D eigenvalue weighted by atomic mass is 19.4. The number of hydrogen-bond donors (Lipinski definition) is 0. The average molecular weight is 253 g/mol. The lowest BCUT2D eigenvalue weighted by Crippen LogP contribution is -2.09. The number of nitrogens with zero attached hydrogens (tertiary/aromatic N) is 1. The molecule has 0 fully saturated rings. The van der Waals surface area contributed by atoms with E-state index in [1.807, 2.05) is 0 Å². The molecule has 0 saturated heterocycles. The van der Waals surface area contributed by atoms with E-state index in [1.165, 1.54) is 25.1 Å². The molecule has 0 aliphatic heterocycles. The fourth-order valence-electron chi connectivity index (χ4n) is 1.93. The zero-order valence-electron chi connectivity index (χ0n) is 9.80. The van der Waals surface area contributed by atoms with E-state index in [2.05, 4.69) is 4.98 Å². The number of carbonyl (C=O) groups excluding carboxylic acids is 1. The summed E-state index contributed by atoms with van der Waals surface area (Å²) in [5.74, 6) is -0.401. The number of aryl methyl sites for hydroxylation is 1. The minimum absolute atomic E-state index is 0.0606. The first-order chi connectivity index (χ1) is 8.30. The van der Waals surface area contributed by atoms with Crippen molar-refractivity contribution in [3.63, 3.8) is 0 Å². The number of hydrogen-bond acceptors (Lipinski definition) is 2. The van der Waals surface area contributed by atoms with Crippen molar-refractivity contribution in [1.82, 2.24) is 4.98 Å². The summed E-state index contributed by atoms with van der Waals surface area (Å²) < 4.78 is 38.8. The fourth-order valence-corrected chi connectivity index (χ4v) is 1.93. The number of fused-ring (bicyclic) bond motifs is 1. The molecule has 0 atom stereocenters. The van der Waals surface area contributed by atoms with Crippen molar-refractivity contribution in [2.24, 2.45) is 0 Å². The Morgan fingerprint density at radius 1 is 1.28 bits per heavy atom. The molecular weight excluding hydrogens is 243 g/mol. The van der Waals surface area contributed by atoms with Crippen LogP contribution in [0.15, 0.2) is 24.3 Å². The van der Waals surface area contributed by atoms with Crippen molar-refractivity contribution in [2.75, 3.05) is 0 Å². The Bertz CT molecular complexity index is 632. The van der Waals surface area contributed by atoms with Gasteiger partial charge in [-0.05, 0) is 32.0 Å². The topological polar surface area (TPSA) is 30.0 Å². The summed E-state index contributed by atoms with van der Waals surface area (Å²) in [6.45, 7) is 2.90. The average Bonchev–Trinajstić information content (AvgIpc) is 2.25. The number of rotatable bonds is 1. The van der Waals surface area contributed by atoms with E-state index in [0.29, 0.717) is 5.69 Å². The molecule has 0 N–H and O–H groups in total. The number of carbonyl (C=O) groups is 1. The Kier molecular flexibility index (Phi) is 2.84. The molecule has 2 rings (SSSR count). The second-order valence-corrected chi connectivity index (χ2v) is 4.06. The molecule has 0 radical (unpaired) electrons. The maximum absolute atomic E-state index is 12.9. The minimum Gasteiger partial charge on any atom is -0.294 e. The van der Waals surface area contributed by atoms with Crippen molar-refractivity contribution >= 4 is 16.7 Å². The molecular formula is C13H10F3NO. The van der Waals surface area contributed by atoms with Gasteiger partial charge in [0.2, 0.25) is 0 Å². The maximum atomic E-state index is 12.9. The molecule has 1 aromatic heterocycles. The molecule has 0 spiro atoms. The van der Waals surface area contributed by atoms with Crippen molar-refractivity contribution in [2.45, 2.75) is 20.0 Å². The Labute approximate surface area is 101 Å². The first-order valence-corrected chi connectivity index (χ1v) is 5.29. The lowest BCUT2D eigenvalue weighted by molar-refractivity contribution is -0.136. The van der Waals surface area contributed by atoms with Gasteiger partial charge in [0, 0.05) is 16.6 Å². The van der Waals surface area contributed by atoms with Crippen molar-refractivity contribution < 1.29 is 18.0 Å². The van der Waals surface area contributed by atoms with Crippen LogP contribution in [0.1, 0.15) is 28.5 Å². The van der Waals surface area contributed by atoms with E-state index in [0.717, 1.165) is 6.07 Å². The van der Waals surface area contributed by atoms with Gasteiger partial charge in [-0.1, -0.05) is 6.07 Å².